The van der Waals surface area contributed by atoms with Crippen molar-refractivity contribution in [2.45, 2.75) is 45.7 Å². The molecule has 0 aliphatic carbocycles. The van der Waals surface area contributed by atoms with Crippen molar-refractivity contribution < 1.29 is 9.59 Å². The van der Waals surface area contributed by atoms with Crippen molar-refractivity contribution in [3.63, 3.8) is 0 Å². The number of amides is 1. The van der Waals surface area contributed by atoms with E-state index in [0.29, 0.717) is 12.8 Å². The molecule has 0 aliphatic heterocycles. The fourth-order valence-electron chi connectivity index (χ4n) is 1.52. The summed E-state index contributed by atoms with van der Waals surface area (Å²) >= 11 is 0. The van der Waals surface area contributed by atoms with Gasteiger partial charge in [-0.3, -0.25) is 9.59 Å². The molecule has 4 nitrogen and oxygen atoms in total. The van der Waals surface area contributed by atoms with Crippen LogP contribution in [0.3, 0.4) is 0 Å². The lowest BCUT2D eigenvalue weighted by Crippen LogP contribution is -2.47. The third-order valence-electron chi connectivity index (χ3n) is 2.15. The van der Waals surface area contributed by atoms with E-state index in [1.54, 1.807) is 6.08 Å². The number of rotatable bonds is 8. The minimum absolute atomic E-state index is 0.0736. The van der Waals surface area contributed by atoms with Gasteiger partial charge in [0.05, 0.1) is 6.04 Å². The van der Waals surface area contributed by atoms with E-state index >= 15 is 0 Å². The molecule has 0 spiro atoms. The van der Waals surface area contributed by atoms with Crippen LogP contribution in [0.15, 0.2) is 12.7 Å². The SMILES string of the molecule is C=CCC(NCC)C(=O)NC(C)CC(C)=O. The number of ketones is 1. The van der Waals surface area contributed by atoms with Crippen LogP contribution in [0.2, 0.25) is 0 Å². The zero-order valence-corrected chi connectivity index (χ0v) is 10.4. The monoisotopic (exact) mass is 226 g/mol. The highest BCUT2D eigenvalue weighted by molar-refractivity contribution is 5.83. The molecule has 0 saturated carbocycles. The molecule has 0 aromatic heterocycles. The van der Waals surface area contributed by atoms with Gasteiger partial charge in [-0.05, 0) is 26.8 Å². The fraction of sp³-hybridized carbons (Fsp3) is 0.667. The van der Waals surface area contributed by atoms with Gasteiger partial charge in [0.1, 0.15) is 5.78 Å². The molecule has 0 bridgehead atoms. The second-order valence-electron chi connectivity index (χ2n) is 3.95. The van der Waals surface area contributed by atoms with Crippen LogP contribution >= 0.6 is 0 Å². The Hall–Kier alpha value is -1.16. The Morgan fingerprint density at radius 2 is 2.06 bits per heavy atom. The van der Waals surface area contributed by atoms with E-state index in [-0.39, 0.29) is 23.8 Å². The quantitative estimate of drug-likeness (QED) is 0.608. The lowest BCUT2D eigenvalue weighted by atomic mass is 10.1. The van der Waals surface area contributed by atoms with E-state index in [9.17, 15) is 9.59 Å². The Labute approximate surface area is 97.5 Å². The Kier molecular flexibility index (Phi) is 7.46. The van der Waals surface area contributed by atoms with Crippen molar-refractivity contribution in [3.05, 3.63) is 12.7 Å². The van der Waals surface area contributed by atoms with Crippen LogP contribution in [0.25, 0.3) is 0 Å². The predicted molar refractivity (Wildman–Crippen MR) is 65.2 cm³/mol. The number of hydrogen-bond donors (Lipinski definition) is 2. The van der Waals surface area contributed by atoms with Crippen LogP contribution in [0.5, 0.6) is 0 Å². The molecule has 0 rings (SSSR count). The van der Waals surface area contributed by atoms with E-state index in [4.69, 9.17) is 0 Å². The zero-order chi connectivity index (χ0) is 12.6. The zero-order valence-electron chi connectivity index (χ0n) is 10.4. The van der Waals surface area contributed by atoms with Crippen molar-refractivity contribution in [1.82, 2.24) is 10.6 Å². The van der Waals surface area contributed by atoms with Crippen molar-refractivity contribution >= 4 is 11.7 Å². The maximum absolute atomic E-state index is 11.8. The molecule has 0 aromatic rings. The highest BCUT2D eigenvalue weighted by atomic mass is 16.2. The van der Waals surface area contributed by atoms with Gasteiger partial charge in [0.15, 0.2) is 0 Å². The van der Waals surface area contributed by atoms with Crippen LogP contribution in [-0.4, -0.2) is 30.3 Å². The standard InChI is InChI=1S/C12H22N2O2/c1-5-7-11(13-6-2)12(16)14-9(3)8-10(4)15/h5,9,11,13H,1,6-8H2,2-4H3,(H,14,16). The van der Waals surface area contributed by atoms with Crippen molar-refractivity contribution in [3.8, 4) is 0 Å². The van der Waals surface area contributed by atoms with E-state index in [1.165, 1.54) is 6.92 Å². The predicted octanol–water partition coefficient (Wildman–Crippen LogP) is 1.02. The lowest BCUT2D eigenvalue weighted by molar-refractivity contribution is -0.124. The molecule has 0 aromatic carbocycles. The molecule has 0 heterocycles. The fourth-order valence-corrected chi connectivity index (χ4v) is 1.52. The van der Waals surface area contributed by atoms with Crippen molar-refractivity contribution in [2.75, 3.05) is 6.54 Å². The summed E-state index contributed by atoms with van der Waals surface area (Å²) in [4.78, 5) is 22.7. The van der Waals surface area contributed by atoms with Crippen molar-refractivity contribution in [2.24, 2.45) is 0 Å². The number of carbonyl (C=O) groups excluding carboxylic acids is 2. The minimum atomic E-state index is -0.253. The van der Waals surface area contributed by atoms with Crippen LogP contribution in [0, 0.1) is 0 Å². The highest BCUT2D eigenvalue weighted by Gasteiger charge is 2.17. The van der Waals surface area contributed by atoms with Crippen LogP contribution in [0.4, 0.5) is 0 Å². The first kappa shape index (κ1) is 14.8. The van der Waals surface area contributed by atoms with Gasteiger partial charge in [-0.1, -0.05) is 13.0 Å². The van der Waals surface area contributed by atoms with Gasteiger partial charge < -0.3 is 10.6 Å². The van der Waals surface area contributed by atoms with E-state index in [0.717, 1.165) is 6.54 Å². The Morgan fingerprint density at radius 1 is 1.44 bits per heavy atom. The Morgan fingerprint density at radius 3 is 2.50 bits per heavy atom. The molecule has 2 atom stereocenters. The summed E-state index contributed by atoms with van der Waals surface area (Å²) < 4.78 is 0. The molecular formula is C12H22N2O2. The number of Topliss-reactive ketones (excluding diaryl/α,β-unsaturated/α-hetero) is 1. The highest BCUT2D eigenvalue weighted by Crippen LogP contribution is 1.97. The first-order chi connectivity index (χ1) is 7.51. The lowest BCUT2D eigenvalue weighted by Gasteiger charge is -2.19. The van der Waals surface area contributed by atoms with Gasteiger partial charge >= 0.3 is 0 Å². The molecule has 0 saturated heterocycles. The maximum atomic E-state index is 11.8. The molecule has 0 radical (unpaired) electrons. The molecule has 0 aliphatic rings. The number of likely N-dealkylation sites (N-methyl/N-ethyl adjacent to an activating group) is 1. The van der Waals surface area contributed by atoms with Gasteiger partial charge in [0.25, 0.3) is 0 Å². The molecule has 0 fully saturated rings. The van der Waals surface area contributed by atoms with E-state index in [2.05, 4.69) is 17.2 Å². The molecule has 2 unspecified atom stereocenters. The van der Waals surface area contributed by atoms with Gasteiger partial charge in [0.2, 0.25) is 5.91 Å². The summed E-state index contributed by atoms with van der Waals surface area (Å²) in [6.45, 7) is 9.65. The molecule has 16 heavy (non-hydrogen) atoms. The minimum Gasteiger partial charge on any atom is -0.352 e. The largest absolute Gasteiger partial charge is 0.352 e. The first-order valence-electron chi connectivity index (χ1n) is 5.65. The topological polar surface area (TPSA) is 58.2 Å². The molecule has 4 heteroatoms. The van der Waals surface area contributed by atoms with E-state index < -0.39 is 0 Å². The van der Waals surface area contributed by atoms with Gasteiger partial charge in [0, 0.05) is 12.5 Å². The summed E-state index contributed by atoms with van der Waals surface area (Å²) in [6.07, 6.45) is 2.67. The molecule has 2 N–H and O–H groups in total. The average Bonchev–Trinajstić information content (AvgIpc) is 2.15. The molecule has 1 amide bonds. The number of nitrogens with one attached hydrogen (secondary N) is 2. The van der Waals surface area contributed by atoms with Gasteiger partial charge in [-0.15, -0.1) is 6.58 Å². The maximum Gasteiger partial charge on any atom is 0.237 e. The second kappa shape index (κ2) is 8.05. The summed E-state index contributed by atoms with van der Waals surface area (Å²) in [5.41, 5.74) is 0. The Bertz CT molecular complexity index is 251. The summed E-state index contributed by atoms with van der Waals surface area (Å²) in [5.74, 6) is 0.00650. The smallest absolute Gasteiger partial charge is 0.237 e. The van der Waals surface area contributed by atoms with Gasteiger partial charge in [-0.2, -0.15) is 0 Å². The first-order valence-corrected chi connectivity index (χ1v) is 5.65. The van der Waals surface area contributed by atoms with Crippen molar-refractivity contribution in [1.29, 1.82) is 0 Å². The van der Waals surface area contributed by atoms with E-state index in [1.807, 2.05) is 13.8 Å². The van der Waals surface area contributed by atoms with Gasteiger partial charge in [-0.25, -0.2) is 0 Å². The molecule has 92 valence electrons. The summed E-state index contributed by atoms with van der Waals surface area (Å²) in [5, 5.41) is 5.88. The third-order valence-corrected chi connectivity index (χ3v) is 2.15. The summed E-state index contributed by atoms with van der Waals surface area (Å²) in [6, 6.07) is -0.368. The van der Waals surface area contributed by atoms with Crippen LogP contribution < -0.4 is 10.6 Å². The molecular weight excluding hydrogens is 204 g/mol. The summed E-state index contributed by atoms with van der Waals surface area (Å²) in [7, 11) is 0. The number of carbonyl (C=O) groups is 2. The normalized spacial score (nSPS) is 13.9. The third kappa shape index (κ3) is 6.35. The second-order valence-corrected chi connectivity index (χ2v) is 3.95. The van der Waals surface area contributed by atoms with Crippen LogP contribution in [-0.2, 0) is 9.59 Å². The number of hydrogen-bond acceptors (Lipinski definition) is 3. The Balaban J connectivity index is 4.17. The van der Waals surface area contributed by atoms with Crippen LogP contribution in [0.1, 0.15) is 33.6 Å². The average molecular weight is 226 g/mol.